The van der Waals surface area contributed by atoms with E-state index in [-0.39, 0.29) is 11.5 Å². The van der Waals surface area contributed by atoms with Gasteiger partial charge in [0, 0.05) is 18.8 Å². The molecule has 8 saturated carbocycles. The van der Waals surface area contributed by atoms with Crippen molar-refractivity contribution in [2.75, 3.05) is 6.54 Å². The quantitative estimate of drug-likeness (QED) is 0.342. The molecule has 39 heavy (non-hydrogen) atoms. The van der Waals surface area contributed by atoms with E-state index in [1.54, 1.807) is 12.3 Å². The Kier molecular flexibility index (Phi) is 7.42. The predicted octanol–water partition coefficient (Wildman–Crippen LogP) is 5.86. The van der Waals surface area contributed by atoms with E-state index < -0.39 is 5.97 Å². The number of ketones is 1. The Balaban J connectivity index is 0.000000118. The van der Waals surface area contributed by atoms with Gasteiger partial charge in [0.2, 0.25) is 0 Å². The SMILES string of the molecule is NCC12CC3CC(CC(C3)C1)C2.O=C(CCC12CC3CC(CC(C3)C1)C2)c1ccn[nH]1.O=C(O)c1ccn[nH]1. The van der Waals surface area contributed by atoms with Crippen LogP contribution in [-0.2, 0) is 0 Å². The highest BCUT2D eigenvalue weighted by Gasteiger charge is 2.51. The van der Waals surface area contributed by atoms with Crippen LogP contribution in [0.25, 0.3) is 0 Å². The average molecular weight is 536 g/mol. The fourth-order valence-electron chi connectivity index (χ4n) is 10.4. The summed E-state index contributed by atoms with van der Waals surface area (Å²) in [6, 6.07) is 3.18. The van der Waals surface area contributed by atoms with Crippen LogP contribution in [0.4, 0.5) is 0 Å². The van der Waals surface area contributed by atoms with Gasteiger partial charge in [-0.05, 0) is 148 Å². The lowest BCUT2D eigenvalue weighted by molar-refractivity contribution is -0.0570. The molecule has 0 amide bonds. The van der Waals surface area contributed by atoms with Crippen molar-refractivity contribution in [2.24, 2.45) is 52.1 Å². The van der Waals surface area contributed by atoms with Crippen LogP contribution in [0.5, 0.6) is 0 Å². The summed E-state index contributed by atoms with van der Waals surface area (Å²) in [5.41, 5.74) is 7.87. The number of H-pyrrole nitrogens is 2. The minimum Gasteiger partial charge on any atom is -0.477 e. The Morgan fingerprint density at radius 1 is 0.744 bits per heavy atom. The number of aromatic nitrogens is 4. The maximum Gasteiger partial charge on any atom is 0.353 e. The number of Topliss-reactive ketones (excluding diaryl/α,β-unsaturated/α-hetero) is 1. The van der Waals surface area contributed by atoms with Gasteiger partial charge in [-0.15, -0.1) is 0 Å². The molecule has 8 aliphatic carbocycles. The number of nitrogens with two attached hydrogens (primary N) is 1. The molecule has 0 spiro atoms. The van der Waals surface area contributed by atoms with E-state index in [9.17, 15) is 9.59 Å². The van der Waals surface area contributed by atoms with E-state index >= 15 is 0 Å². The molecule has 0 aliphatic heterocycles. The van der Waals surface area contributed by atoms with Gasteiger partial charge in [-0.25, -0.2) is 4.79 Å². The van der Waals surface area contributed by atoms with Gasteiger partial charge in [0.1, 0.15) is 11.4 Å². The smallest absolute Gasteiger partial charge is 0.353 e. The normalized spacial score (nSPS) is 38.5. The number of hydrogen-bond donors (Lipinski definition) is 4. The van der Waals surface area contributed by atoms with Gasteiger partial charge in [-0.1, -0.05) is 0 Å². The molecule has 212 valence electrons. The van der Waals surface area contributed by atoms with Gasteiger partial charge >= 0.3 is 5.97 Å². The number of aromatic carboxylic acids is 1. The third kappa shape index (κ3) is 5.86. The first-order chi connectivity index (χ1) is 18.8. The second-order valence-electron chi connectivity index (χ2n) is 14.2. The summed E-state index contributed by atoms with van der Waals surface area (Å²) >= 11 is 0. The minimum absolute atomic E-state index is 0.116. The molecule has 0 unspecified atom stereocenters. The molecular weight excluding hydrogens is 490 g/mol. The van der Waals surface area contributed by atoms with Gasteiger partial charge in [0.25, 0.3) is 0 Å². The molecule has 8 nitrogen and oxygen atoms in total. The number of nitrogens with one attached hydrogen (secondary N) is 2. The Labute approximate surface area is 231 Å². The monoisotopic (exact) mass is 535 g/mol. The molecule has 0 saturated heterocycles. The van der Waals surface area contributed by atoms with Crippen LogP contribution in [0, 0.1) is 46.3 Å². The van der Waals surface area contributed by atoms with Crippen LogP contribution in [0.1, 0.15) is 111 Å². The van der Waals surface area contributed by atoms with E-state index in [4.69, 9.17) is 10.8 Å². The van der Waals surface area contributed by atoms with Crippen LogP contribution >= 0.6 is 0 Å². The number of aromatic amines is 2. The first-order valence-electron chi connectivity index (χ1n) is 15.3. The van der Waals surface area contributed by atoms with Crippen molar-refractivity contribution < 1.29 is 14.7 Å². The molecule has 0 radical (unpaired) electrons. The minimum atomic E-state index is -0.984. The van der Waals surface area contributed by atoms with Crippen LogP contribution in [0.15, 0.2) is 24.5 Å². The number of carbonyl (C=O) groups is 2. The van der Waals surface area contributed by atoms with Gasteiger partial charge in [0.05, 0.1) is 0 Å². The predicted molar refractivity (Wildman–Crippen MR) is 148 cm³/mol. The maximum atomic E-state index is 12.1. The van der Waals surface area contributed by atoms with Crippen LogP contribution in [0.3, 0.4) is 0 Å². The van der Waals surface area contributed by atoms with E-state index in [2.05, 4.69) is 20.4 Å². The summed E-state index contributed by atoms with van der Waals surface area (Å²) in [4.78, 5) is 22.1. The average Bonchev–Trinajstić information content (AvgIpc) is 3.62. The third-order valence-corrected chi connectivity index (χ3v) is 11.2. The standard InChI is InChI=1S/C16H22N2O.C11H19N.C4H4N2O2/c19-15(14-2-4-17-18-14)1-3-16-8-11-5-12(9-16)7-13(6-11)10-16;12-7-11-4-8-1-9(5-11)3-10(2-8)6-11;7-4(8)3-1-2-5-6-3/h2,4,11-13H,1,3,5-10H2,(H,17,18);8-10H,1-7,12H2;1-2H,(H,5,6)(H,7,8). The molecule has 8 bridgehead atoms. The maximum absolute atomic E-state index is 12.1. The summed E-state index contributed by atoms with van der Waals surface area (Å²) in [5.74, 6) is 5.41. The van der Waals surface area contributed by atoms with Crippen molar-refractivity contribution in [1.82, 2.24) is 20.4 Å². The summed E-state index contributed by atoms with van der Waals surface area (Å²) in [7, 11) is 0. The van der Waals surface area contributed by atoms with Crippen molar-refractivity contribution in [3.05, 3.63) is 35.9 Å². The Morgan fingerprint density at radius 2 is 1.15 bits per heavy atom. The van der Waals surface area contributed by atoms with Crippen molar-refractivity contribution in [3.63, 3.8) is 0 Å². The van der Waals surface area contributed by atoms with Gasteiger partial charge in [-0.3, -0.25) is 15.0 Å². The summed E-state index contributed by atoms with van der Waals surface area (Å²) in [5, 5.41) is 20.6. The van der Waals surface area contributed by atoms with Crippen molar-refractivity contribution in [3.8, 4) is 0 Å². The van der Waals surface area contributed by atoms with Gasteiger partial charge in [-0.2, -0.15) is 10.2 Å². The van der Waals surface area contributed by atoms with Gasteiger partial charge in [0.15, 0.2) is 5.78 Å². The lowest BCUT2D eigenvalue weighted by Gasteiger charge is -2.57. The Hall–Kier alpha value is -2.48. The number of carboxylic acid groups (broad SMARTS) is 1. The lowest BCUT2D eigenvalue weighted by Crippen LogP contribution is -2.49. The molecule has 8 heteroatoms. The van der Waals surface area contributed by atoms with E-state index in [0.29, 0.717) is 22.9 Å². The molecule has 8 aliphatic rings. The molecule has 2 heterocycles. The fourth-order valence-corrected chi connectivity index (χ4v) is 10.4. The second kappa shape index (κ2) is 10.8. The molecule has 5 N–H and O–H groups in total. The molecule has 0 atom stereocenters. The highest BCUT2D eigenvalue weighted by molar-refractivity contribution is 5.94. The zero-order chi connectivity index (χ0) is 27.0. The third-order valence-electron chi connectivity index (χ3n) is 11.2. The summed E-state index contributed by atoms with van der Waals surface area (Å²) in [6.07, 6.45) is 22.5. The van der Waals surface area contributed by atoms with Crippen molar-refractivity contribution in [2.45, 2.75) is 89.9 Å². The van der Waals surface area contributed by atoms with E-state index in [1.165, 1.54) is 89.3 Å². The number of carboxylic acids is 1. The Morgan fingerprint density at radius 3 is 1.49 bits per heavy atom. The molecule has 2 aromatic rings. The summed E-state index contributed by atoms with van der Waals surface area (Å²) < 4.78 is 0. The molecule has 2 aromatic heterocycles. The number of carbonyl (C=O) groups excluding carboxylic acids is 1. The zero-order valence-corrected chi connectivity index (χ0v) is 23.1. The first-order valence-corrected chi connectivity index (χ1v) is 15.3. The molecular formula is C31H45N5O3. The highest BCUT2D eigenvalue weighted by atomic mass is 16.4. The molecule has 0 aromatic carbocycles. The zero-order valence-electron chi connectivity index (χ0n) is 23.1. The van der Waals surface area contributed by atoms with Crippen LogP contribution in [-0.4, -0.2) is 43.8 Å². The van der Waals surface area contributed by atoms with Crippen LogP contribution in [0.2, 0.25) is 0 Å². The van der Waals surface area contributed by atoms with Crippen molar-refractivity contribution >= 4 is 11.8 Å². The van der Waals surface area contributed by atoms with E-state index in [0.717, 1.165) is 48.5 Å². The number of rotatable bonds is 6. The van der Waals surface area contributed by atoms with Crippen molar-refractivity contribution in [1.29, 1.82) is 0 Å². The van der Waals surface area contributed by atoms with Crippen LogP contribution < -0.4 is 5.73 Å². The lowest BCUT2D eigenvalue weighted by atomic mass is 9.48. The fraction of sp³-hybridized carbons (Fsp3) is 0.742. The highest BCUT2D eigenvalue weighted by Crippen LogP contribution is 2.62. The van der Waals surface area contributed by atoms with E-state index in [1.807, 2.05) is 0 Å². The molecule has 8 fully saturated rings. The second-order valence-corrected chi connectivity index (χ2v) is 14.2. The number of nitrogens with zero attached hydrogens (tertiary/aromatic N) is 2. The topological polar surface area (TPSA) is 138 Å². The van der Waals surface area contributed by atoms with Gasteiger partial charge < -0.3 is 10.8 Å². The first kappa shape index (κ1) is 26.7. The summed E-state index contributed by atoms with van der Waals surface area (Å²) in [6.45, 7) is 0.969. The Bertz CT molecular complexity index is 1050. The number of hydrogen-bond acceptors (Lipinski definition) is 5. The molecule has 10 rings (SSSR count). The largest absolute Gasteiger partial charge is 0.477 e.